The van der Waals surface area contributed by atoms with Gasteiger partial charge in [0, 0.05) is 49.9 Å². The summed E-state index contributed by atoms with van der Waals surface area (Å²) >= 11 is 6.27. The zero-order valence-corrected chi connectivity index (χ0v) is 21.3. The third-order valence-corrected chi connectivity index (χ3v) is 5.65. The maximum Gasteiger partial charge on any atom is 0.195 e. The van der Waals surface area contributed by atoms with Crippen LogP contribution in [-0.2, 0) is 4.74 Å². The van der Waals surface area contributed by atoms with Gasteiger partial charge < -0.3 is 24.8 Å². The number of halogens is 2. The summed E-state index contributed by atoms with van der Waals surface area (Å²) in [6, 6.07) is 14.1. The number of hydrogen-bond donors (Lipinski definition) is 2. The van der Waals surface area contributed by atoms with Crippen LogP contribution in [0.4, 0.5) is 5.69 Å². The molecule has 9 heteroatoms. The van der Waals surface area contributed by atoms with Crippen molar-refractivity contribution in [3.05, 3.63) is 53.1 Å². The zero-order chi connectivity index (χ0) is 21.5. The van der Waals surface area contributed by atoms with E-state index in [1.54, 1.807) is 7.05 Å². The molecule has 1 unspecified atom stereocenters. The number of fused-ring (bicyclic) bond motifs is 1. The second kappa shape index (κ2) is 12.5. The number of hydrogen-bond acceptors (Lipinski definition) is 5. The quantitative estimate of drug-likeness (QED) is 0.318. The Hall–Kier alpha value is -1.75. The Balaban J connectivity index is 0.00000289. The summed E-state index contributed by atoms with van der Waals surface area (Å²) in [5.41, 5.74) is 2.07. The first-order valence-electron chi connectivity index (χ1n) is 10.7. The molecule has 0 spiro atoms. The van der Waals surface area contributed by atoms with E-state index in [4.69, 9.17) is 25.8 Å². The van der Waals surface area contributed by atoms with Crippen molar-refractivity contribution in [2.75, 3.05) is 58.4 Å². The first-order chi connectivity index (χ1) is 15.2. The van der Waals surface area contributed by atoms with E-state index in [0.29, 0.717) is 25.7 Å². The van der Waals surface area contributed by atoms with Gasteiger partial charge in [-0.2, -0.15) is 0 Å². The van der Waals surface area contributed by atoms with Gasteiger partial charge in [0.2, 0.25) is 0 Å². The van der Waals surface area contributed by atoms with Gasteiger partial charge in [-0.3, -0.25) is 9.89 Å². The third-order valence-electron chi connectivity index (χ3n) is 5.42. The third kappa shape index (κ3) is 6.63. The van der Waals surface area contributed by atoms with Crippen molar-refractivity contribution >= 4 is 47.2 Å². The molecule has 0 aromatic heterocycles. The number of morpholine rings is 1. The van der Waals surface area contributed by atoms with Gasteiger partial charge in [-0.1, -0.05) is 23.7 Å². The Morgan fingerprint density at radius 1 is 1.06 bits per heavy atom. The van der Waals surface area contributed by atoms with Gasteiger partial charge in [-0.25, -0.2) is 0 Å². The van der Waals surface area contributed by atoms with Crippen LogP contribution >= 0.6 is 35.6 Å². The average molecular weight is 573 g/mol. The van der Waals surface area contributed by atoms with Crippen molar-refractivity contribution in [3.8, 4) is 11.5 Å². The van der Waals surface area contributed by atoms with Crippen LogP contribution in [-0.4, -0.2) is 64.0 Å². The normalized spacial score (nSPS) is 17.6. The van der Waals surface area contributed by atoms with E-state index in [-0.39, 0.29) is 30.0 Å². The fourth-order valence-corrected chi connectivity index (χ4v) is 4.01. The summed E-state index contributed by atoms with van der Waals surface area (Å²) in [5, 5.41) is 7.56. The predicted octanol–water partition coefficient (Wildman–Crippen LogP) is 4.18. The van der Waals surface area contributed by atoms with Crippen LogP contribution in [0.15, 0.2) is 47.5 Å². The maximum atomic E-state index is 6.27. The van der Waals surface area contributed by atoms with E-state index in [1.807, 2.05) is 36.4 Å². The SMILES string of the molecule is CN=C(NCC(c1cccc(Cl)c1)N1CCOCC1)Nc1ccc2c(c1)OCCCO2.I. The van der Waals surface area contributed by atoms with Gasteiger partial charge in [0.05, 0.1) is 32.5 Å². The first-order valence-corrected chi connectivity index (χ1v) is 11.1. The molecule has 2 aliphatic heterocycles. The lowest BCUT2D eigenvalue weighted by molar-refractivity contribution is 0.0170. The highest BCUT2D eigenvalue weighted by Gasteiger charge is 2.23. The average Bonchev–Trinajstić information content (AvgIpc) is 3.04. The number of anilines is 1. The molecule has 0 aliphatic carbocycles. The Bertz CT molecular complexity index is 909. The van der Waals surface area contributed by atoms with E-state index in [9.17, 15) is 0 Å². The molecule has 1 saturated heterocycles. The van der Waals surface area contributed by atoms with E-state index in [1.165, 1.54) is 5.56 Å². The molecule has 2 aliphatic rings. The van der Waals surface area contributed by atoms with Crippen LogP contribution in [0.2, 0.25) is 5.02 Å². The highest BCUT2D eigenvalue weighted by molar-refractivity contribution is 14.0. The molecule has 2 N–H and O–H groups in total. The summed E-state index contributed by atoms with van der Waals surface area (Å²) < 4.78 is 17.1. The second-order valence-electron chi connectivity index (χ2n) is 7.51. The van der Waals surface area contributed by atoms with E-state index < -0.39 is 0 Å². The fourth-order valence-electron chi connectivity index (χ4n) is 3.81. The van der Waals surface area contributed by atoms with E-state index in [0.717, 1.165) is 54.9 Å². The van der Waals surface area contributed by atoms with Crippen molar-refractivity contribution in [2.45, 2.75) is 12.5 Å². The molecule has 1 atom stereocenters. The minimum Gasteiger partial charge on any atom is -0.490 e. The molecule has 1 fully saturated rings. The number of aliphatic imine (C=N–C) groups is 1. The molecule has 32 heavy (non-hydrogen) atoms. The van der Waals surface area contributed by atoms with Crippen molar-refractivity contribution < 1.29 is 14.2 Å². The van der Waals surface area contributed by atoms with E-state index in [2.05, 4.69) is 26.6 Å². The van der Waals surface area contributed by atoms with Gasteiger partial charge in [0.15, 0.2) is 17.5 Å². The smallest absolute Gasteiger partial charge is 0.195 e. The lowest BCUT2D eigenvalue weighted by Gasteiger charge is -2.35. The fraction of sp³-hybridized carbons (Fsp3) is 0.435. The summed E-state index contributed by atoms with van der Waals surface area (Å²) in [6.45, 7) is 5.26. The minimum absolute atomic E-state index is 0. The summed E-state index contributed by atoms with van der Waals surface area (Å²) in [4.78, 5) is 6.81. The molecular weight excluding hydrogens is 543 g/mol. The van der Waals surface area contributed by atoms with Crippen LogP contribution in [0.3, 0.4) is 0 Å². The molecule has 2 aromatic carbocycles. The van der Waals surface area contributed by atoms with Gasteiger partial charge >= 0.3 is 0 Å². The zero-order valence-electron chi connectivity index (χ0n) is 18.2. The number of nitrogens with zero attached hydrogens (tertiary/aromatic N) is 2. The van der Waals surface area contributed by atoms with Crippen LogP contribution in [0, 0.1) is 0 Å². The standard InChI is InChI=1S/C23H29ClN4O3.HI/c1-25-23(27-19-6-7-21-22(15-19)31-11-3-10-30-21)26-16-20(28-8-12-29-13-9-28)17-4-2-5-18(24)14-17;/h2,4-7,14-15,20H,3,8-13,16H2,1H3,(H2,25,26,27);1H. The van der Waals surface area contributed by atoms with Crippen molar-refractivity contribution in [2.24, 2.45) is 4.99 Å². The lowest BCUT2D eigenvalue weighted by Crippen LogP contribution is -2.44. The van der Waals surface area contributed by atoms with Crippen LogP contribution < -0.4 is 20.1 Å². The van der Waals surface area contributed by atoms with E-state index >= 15 is 0 Å². The summed E-state index contributed by atoms with van der Waals surface area (Å²) in [6.07, 6.45) is 0.882. The molecule has 2 aromatic rings. The second-order valence-corrected chi connectivity index (χ2v) is 7.95. The molecule has 0 amide bonds. The molecule has 2 heterocycles. The minimum atomic E-state index is 0. The molecule has 4 rings (SSSR count). The van der Waals surface area contributed by atoms with Gasteiger partial charge in [-0.15, -0.1) is 24.0 Å². The summed E-state index contributed by atoms with van der Waals surface area (Å²) in [5.74, 6) is 2.22. The molecular formula is C23H30ClIN4O3. The number of rotatable bonds is 5. The van der Waals surface area contributed by atoms with Gasteiger partial charge in [0.1, 0.15) is 0 Å². The largest absolute Gasteiger partial charge is 0.490 e. The number of ether oxygens (including phenoxy) is 3. The van der Waals surface area contributed by atoms with Crippen LogP contribution in [0.25, 0.3) is 0 Å². The van der Waals surface area contributed by atoms with Crippen molar-refractivity contribution in [3.63, 3.8) is 0 Å². The first kappa shape index (κ1) is 24.9. The van der Waals surface area contributed by atoms with Gasteiger partial charge in [-0.05, 0) is 29.8 Å². The monoisotopic (exact) mass is 572 g/mol. The van der Waals surface area contributed by atoms with Crippen molar-refractivity contribution in [1.82, 2.24) is 10.2 Å². The molecule has 0 saturated carbocycles. The molecule has 174 valence electrons. The Morgan fingerprint density at radius 2 is 1.84 bits per heavy atom. The van der Waals surface area contributed by atoms with Crippen LogP contribution in [0.5, 0.6) is 11.5 Å². The highest BCUT2D eigenvalue weighted by atomic mass is 127. The van der Waals surface area contributed by atoms with Crippen molar-refractivity contribution in [1.29, 1.82) is 0 Å². The number of guanidine groups is 1. The lowest BCUT2D eigenvalue weighted by atomic mass is 10.0. The number of nitrogens with one attached hydrogen (secondary N) is 2. The highest BCUT2D eigenvalue weighted by Crippen LogP contribution is 2.32. The topological polar surface area (TPSA) is 67.4 Å². The summed E-state index contributed by atoms with van der Waals surface area (Å²) in [7, 11) is 1.77. The molecule has 0 bridgehead atoms. The van der Waals surface area contributed by atoms with Crippen LogP contribution in [0.1, 0.15) is 18.0 Å². The van der Waals surface area contributed by atoms with Gasteiger partial charge in [0.25, 0.3) is 0 Å². The number of benzene rings is 2. The molecule has 7 nitrogen and oxygen atoms in total. The Kier molecular flexibility index (Phi) is 9.70. The molecule has 0 radical (unpaired) electrons. The predicted molar refractivity (Wildman–Crippen MR) is 139 cm³/mol. The Labute approximate surface area is 211 Å². The Morgan fingerprint density at radius 3 is 2.59 bits per heavy atom. The maximum absolute atomic E-state index is 6.27.